The summed E-state index contributed by atoms with van der Waals surface area (Å²) in [6.45, 7) is 1.92. The van der Waals surface area contributed by atoms with Gasteiger partial charge in [0.2, 0.25) is 0 Å². The van der Waals surface area contributed by atoms with Crippen LogP contribution in [0.5, 0.6) is 0 Å². The van der Waals surface area contributed by atoms with Crippen LogP contribution in [0.1, 0.15) is 38.3 Å². The molecular formula is C14H20N2OS2. The molecule has 1 aromatic rings. The fourth-order valence-corrected chi connectivity index (χ4v) is 3.41. The van der Waals surface area contributed by atoms with Gasteiger partial charge in [0.05, 0.1) is 0 Å². The van der Waals surface area contributed by atoms with E-state index in [0.29, 0.717) is 17.1 Å². The molecule has 0 fully saturated rings. The fourth-order valence-electron chi connectivity index (χ4n) is 2.44. The Morgan fingerprint density at radius 2 is 2.42 bits per heavy atom. The molecule has 0 bridgehead atoms. The monoisotopic (exact) mass is 296 g/mol. The number of hydrogen-bond acceptors (Lipinski definition) is 3. The molecule has 5 heteroatoms. The predicted molar refractivity (Wildman–Crippen MR) is 82.9 cm³/mol. The third-order valence-electron chi connectivity index (χ3n) is 3.43. The molecule has 1 heterocycles. The highest BCUT2D eigenvalue weighted by Crippen LogP contribution is 2.29. The molecule has 2 rings (SSSR count). The van der Waals surface area contributed by atoms with E-state index < -0.39 is 0 Å². The van der Waals surface area contributed by atoms with Gasteiger partial charge in [-0.15, -0.1) is 0 Å². The van der Waals surface area contributed by atoms with E-state index in [4.69, 9.17) is 12.2 Å². The van der Waals surface area contributed by atoms with Crippen molar-refractivity contribution in [1.82, 2.24) is 9.97 Å². The molecule has 1 aromatic heterocycles. The first-order valence-corrected chi connectivity index (χ1v) is 8.17. The van der Waals surface area contributed by atoms with Crippen molar-refractivity contribution in [3.63, 3.8) is 0 Å². The van der Waals surface area contributed by atoms with E-state index >= 15 is 0 Å². The zero-order valence-corrected chi connectivity index (χ0v) is 12.8. The van der Waals surface area contributed by atoms with Gasteiger partial charge in [-0.2, -0.15) is 0 Å². The maximum Gasteiger partial charge on any atom is 0.188 e. The number of thioether (sulfide) groups is 1. The summed E-state index contributed by atoms with van der Waals surface area (Å²) in [4.78, 5) is 17.5. The highest BCUT2D eigenvalue weighted by molar-refractivity contribution is 8.13. The summed E-state index contributed by atoms with van der Waals surface area (Å²) in [5, 5.41) is 0.290. The Kier molecular flexibility index (Phi) is 5.45. The summed E-state index contributed by atoms with van der Waals surface area (Å²) in [6, 6.07) is 0. The Morgan fingerprint density at radius 1 is 1.58 bits per heavy atom. The largest absolute Gasteiger partial charge is 0.337 e. The van der Waals surface area contributed by atoms with E-state index in [-0.39, 0.29) is 5.12 Å². The third-order valence-corrected chi connectivity index (χ3v) is 4.77. The summed E-state index contributed by atoms with van der Waals surface area (Å²) in [6.07, 6.45) is 9.41. The molecule has 0 spiro atoms. The number of H-pyrrole nitrogens is 2. The molecule has 1 aliphatic carbocycles. The first kappa shape index (κ1) is 14.6. The summed E-state index contributed by atoms with van der Waals surface area (Å²) in [5.41, 5.74) is 2.62. The maximum atomic E-state index is 11.3. The van der Waals surface area contributed by atoms with Crippen molar-refractivity contribution in [1.29, 1.82) is 0 Å². The molecule has 0 aromatic carbocycles. The molecule has 3 nitrogen and oxygen atoms in total. The van der Waals surface area contributed by atoms with Crippen LogP contribution in [0.3, 0.4) is 0 Å². The number of hydrogen-bond donors (Lipinski definition) is 2. The minimum atomic E-state index is 0.290. The quantitative estimate of drug-likeness (QED) is 0.637. The molecule has 1 atom stereocenters. The molecule has 19 heavy (non-hydrogen) atoms. The van der Waals surface area contributed by atoms with E-state index in [1.807, 2.05) is 13.1 Å². The Hall–Kier alpha value is -0.810. The first-order chi connectivity index (χ1) is 9.17. The van der Waals surface area contributed by atoms with Gasteiger partial charge in [0, 0.05) is 24.1 Å². The maximum absolute atomic E-state index is 11.3. The van der Waals surface area contributed by atoms with Gasteiger partial charge in [0.1, 0.15) is 0 Å². The smallest absolute Gasteiger partial charge is 0.188 e. The van der Waals surface area contributed by atoms with Gasteiger partial charge < -0.3 is 9.97 Å². The number of carbonyl (C=O) groups is 1. The van der Waals surface area contributed by atoms with Gasteiger partial charge in [-0.05, 0) is 43.8 Å². The minimum absolute atomic E-state index is 0.290. The number of carbonyl (C=O) groups excluding carboxylic acids is 1. The second-order valence-corrected chi connectivity index (χ2v) is 6.44. The van der Waals surface area contributed by atoms with Gasteiger partial charge in [-0.3, -0.25) is 4.79 Å². The van der Waals surface area contributed by atoms with Crippen molar-refractivity contribution in [2.45, 2.75) is 39.0 Å². The predicted octanol–water partition coefficient (Wildman–Crippen LogP) is 4.01. The number of rotatable bonds is 5. The number of imidazole rings is 1. The second-order valence-electron chi connectivity index (χ2n) is 5.00. The van der Waals surface area contributed by atoms with Crippen molar-refractivity contribution in [3.05, 3.63) is 28.3 Å². The molecule has 104 valence electrons. The molecule has 2 N–H and O–H groups in total. The van der Waals surface area contributed by atoms with E-state index in [1.54, 1.807) is 0 Å². The minimum Gasteiger partial charge on any atom is -0.337 e. The van der Waals surface area contributed by atoms with Gasteiger partial charge in [0.15, 0.2) is 9.89 Å². The van der Waals surface area contributed by atoms with Crippen LogP contribution in [0.2, 0.25) is 0 Å². The molecule has 0 aliphatic heterocycles. The second kappa shape index (κ2) is 7.10. The topological polar surface area (TPSA) is 48.6 Å². The van der Waals surface area contributed by atoms with Crippen LogP contribution < -0.4 is 0 Å². The van der Waals surface area contributed by atoms with Crippen LogP contribution in [0, 0.1) is 10.7 Å². The Morgan fingerprint density at radius 3 is 3.11 bits per heavy atom. The summed E-state index contributed by atoms with van der Waals surface area (Å²) < 4.78 is 0.700. The first-order valence-electron chi connectivity index (χ1n) is 6.77. The molecule has 0 radical (unpaired) electrons. The highest BCUT2D eigenvalue weighted by atomic mass is 32.2. The molecule has 0 amide bonds. The average Bonchev–Trinajstić information content (AvgIpc) is 2.82. The van der Waals surface area contributed by atoms with Crippen LogP contribution in [0.15, 0.2) is 17.8 Å². The van der Waals surface area contributed by atoms with Gasteiger partial charge in [-0.25, -0.2) is 0 Å². The normalized spacial score (nSPS) is 19.2. The number of aromatic amines is 2. The molecule has 1 unspecified atom stereocenters. The number of nitrogens with one attached hydrogen (secondary N) is 2. The lowest BCUT2D eigenvalue weighted by Crippen LogP contribution is -2.11. The SMILES string of the molecule is CCC(=O)SCC1=CCCC(Cc2c[nH]c(=S)[nH]2)C1. The van der Waals surface area contributed by atoms with Crippen molar-refractivity contribution in [3.8, 4) is 0 Å². The highest BCUT2D eigenvalue weighted by Gasteiger charge is 2.17. The van der Waals surface area contributed by atoms with E-state index in [9.17, 15) is 4.79 Å². The zero-order chi connectivity index (χ0) is 13.7. The van der Waals surface area contributed by atoms with Gasteiger partial charge in [0.25, 0.3) is 0 Å². The zero-order valence-electron chi connectivity index (χ0n) is 11.2. The standard InChI is InChI=1S/C14H20N2OS2/c1-2-13(17)19-9-11-5-3-4-10(6-11)7-12-8-15-14(18)16-12/h5,8,10H,2-4,6-7,9H2,1H3,(H2,15,16,18). The Bertz CT molecular complexity index is 516. The lowest BCUT2D eigenvalue weighted by Gasteiger charge is -2.22. The van der Waals surface area contributed by atoms with Crippen LogP contribution in [-0.2, 0) is 11.2 Å². The Balaban J connectivity index is 1.84. The molecule has 1 aliphatic rings. The third kappa shape index (κ3) is 4.66. The number of aromatic nitrogens is 2. The van der Waals surface area contributed by atoms with Crippen LogP contribution in [0.4, 0.5) is 0 Å². The lowest BCUT2D eigenvalue weighted by molar-refractivity contribution is -0.110. The van der Waals surface area contributed by atoms with E-state index in [1.165, 1.54) is 29.4 Å². The summed E-state index contributed by atoms with van der Waals surface area (Å²) in [7, 11) is 0. The molecular weight excluding hydrogens is 276 g/mol. The number of allylic oxidation sites excluding steroid dienone is 1. The molecule has 0 saturated heterocycles. The van der Waals surface area contributed by atoms with Crippen molar-refractivity contribution < 1.29 is 4.79 Å². The summed E-state index contributed by atoms with van der Waals surface area (Å²) in [5.74, 6) is 1.53. The average molecular weight is 296 g/mol. The Labute approximate surface area is 123 Å². The van der Waals surface area contributed by atoms with E-state index in [2.05, 4.69) is 16.0 Å². The van der Waals surface area contributed by atoms with Crippen LogP contribution in [-0.4, -0.2) is 20.8 Å². The van der Waals surface area contributed by atoms with Crippen molar-refractivity contribution >= 4 is 29.1 Å². The van der Waals surface area contributed by atoms with Crippen molar-refractivity contribution in [2.75, 3.05) is 5.75 Å². The lowest BCUT2D eigenvalue weighted by atomic mass is 9.86. The summed E-state index contributed by atoms with van der Waals surface area (Å²) >= 11 is 6.50. The van der Waals surface area contributed by atoms with E-state index in [0.717, 1.165) is 25.0 Å². The fraction of sp³-hybridized carbons (Fsp3) is 0.571. The van der Waals surface area contributed by atoms with Gasteiger partial charge >= 0.3 is 0 Å². The van der Waals surface area contributed by atoms with Crippen LogP contribution >= 0.6 is 24.0 Å². The molecule has 0 saturated carbocycles. The van der Waals surface area contributed by atoms with Crippen molar-refractivity contribution in [2.24, 2.45) is 5.92 Å². The van der Waals surface area contributed by atoms with Gasteiger partial charge in [-0.1, -0.05) is 30.3 Å². The van der Waals surface area contributed by atoms with Crippen LogP contribution in [0.25, 0.3) is 0 Å².